The molecule has 0 amide bonds. The van der Waals surface area contributed by atoms with Crippen molar-refractivity contribution in [1.29, 1.82) is 0 Å². The molecule has 0 saturated heterocycles. The second-order valence-corrected chi connectivity index (χ2v) is 4.61. The van der Waals surface area contributed by atoms with Crippen molar-refractivity contribution in [1.82, 2.24) is 29.8 Å². The molecule has 0 spiro atoms. The highest BCUT2D eigenvalue weighted by Gasteiger charge is 2.13. The third-order valence-corrected chi connectivity index (χ3v) is 3.30. The minimum Gasteiger partial charge on any atom is -0.497 e. The second-order valence-electron chi connectivity index (χ2n) is 4.61. The van der Waals surface area contributed by atoms with Gasteiger partial charge in [-0.15, -0.1) is 5.10 Å². The molecule has 1 aromatic carbocycles. The molecule has 0 aliphatic carbocycles. The van der Waals surface area contributed by atoms with Gasteiger partial charge in [0.05, 0.1) is 13.3 Å². The van der Waals surface area contributed by atoms with Crippen molar-refractivity contribution in [2.75, 3.05) is 12.4 Å². The predicted octanol–water partition coefficient (Wildman–Crippen LogP) is 1.05. The maximum Gasteiger partial charge on any atom is 0.273 e. The molecule has 0 unspecified atom stereocenters. The molecule has 0 saturated carbocycles. The highest BCUT2D eigenvalue weighted by atomic mass is 16.5. The van der Waals surface area contributed by atoms with Crippen LogP contribution in [0.2, 0.25) is 0 Å². The first kappa shape index (κ1) is 12.4. The van der Waals surface area contributed by atoms with Gasteiger partial charge < -0.3 is 10.1 Å². The Balaban J connectivity index is 1.82. The number of nitrogens with zero attached hydrogens (tertiary/aromatic N) is 4. The van der Waals surface area contributed by atoms with Crippen molar-refractivity contribution in [2.24, 2.45) is 0 Å². The lowest BCUT2D eigenvalue weighted by molar-refractivity contribution is 0.415. The maximum atomic E-state index is 12.5. The third-order valence-electron chi connectivity index (χ3n) is 3.30. The van der Waals surface area contributed by atoms with Crippen LogP contribution in [0.3, 0.4) is 0 Å². The van der Waals surface area contributed by atoms with Crippen LogP contribution in [0.5, 0.6) is 5.75 Å². The van der Waals surface area contributed by atoms with E-state index in [0.717, 1.165) is 11.4 Å². The van der Waals surface area contributed by atoms with E-state index < -0.39 is 0 Å². The number of nitrogens with one attached hydrogen (secondary N) is 3. The zero-order valence-electron chi connectivity index (χ0n) is 11.5. The lowest BCUT2D eigenvalue weighted by Gasteiger charge is -2.05. The molecule has 22 heavy (non-hydrogen) atoms. The fourth-order valence-electron chi connectivity index (χ4n) is 2.21. The van der Waals surface area contributed by atoms with Gasteiger partial charge in [-0.3, -0.25) is 9.89 Å². The molecular weight excluding hydrogens is 286 g/mol. The molecule has 0 aliphatic rings. The van der Waals surface area contributed by atoms with Crippen LogP contribution in [0.25, 0.3) is 16.8 Å². The lowest BCUT2D eigenvalue weighted by atomic mass is 10.3. The SMILES string of the molecule is COc1ccc(Nc2n[nH]c3nc4[nH]ncc4c(=O)n23)cc1. The Kier molecular flexibility index (Phi) is 2.58. The van der Waals surface area contributed by atoms with E-state index in [2.05, 4.69) is 30.7 Å². The number of fused-ring (bicyclic) bond motifs is 2. The summed E-state index contributed by atoms with van der Waals surface area (Å²) in [6.45, 7) is 0. The van der Waals surface area contributed by atoms with E-state index in [-0.39, 0.29) is 5.56 Å². The van der Waals surface area contributed by atoms with Crippen LogP contribution >= 0.6 is 0 Å². The van der Waals surface area contributed by atoms with Crippen molar-refractivity contribution in [3.8, 4) is 5.75 Å². The Bertz CT molecular complexity index is 1010. The summed E-state index contributed by atoms with van der Waals surface area (Å²) in [5.74, 6) is 1.43. The number of H-pyrrole nitrogens is 2. The van der Waals surface area contributed by atoms with Gasteiger partial charge in [0.15, 0.2) is 5.65 Å². The molecule has 3 aromatic heterocycles. The topological polar surface area (TPSA) is 113 Å². The fourth-order valence-corrected chi connectivity index (χ4v) is 2.21. The van der Waals surface area contributed by atoms with E-state index in [4.69, 9.17) is 4.74 Å². The number of ether oxygens (including phenoxy) is 1. The fraction of sp³-hybridized carbons (Fsp3) is 0.0769. The van der Waals surface area contributed by atoms with E-state index in [1.165, 1.54) is 10.6 Å². The Morgan fingerprint density at radius 3 is 2.82 bits per heavy atom. The first-order chi connectivity index (χ1) is 10.8. The highest BCUT2D eigenvalue weighted by molar-refractivity contribution is 5.75. The molecule has 0 atom stereocenters. The summed E-state index contributed by atoms with van der Waals surface area (Å²) < 4.78 is 6.47. The zero-order valence-corrected chi connectivity index (χ0v) is 11.5. The molecular formula is C13H11N7O2. The molecule has 9 nitrogen and oxygen atoms in total. The van der Waals surface area contributed by atoms with Gasteiger partial charge in [0, 0.05) is 5.69 Å². The van der Waals surface area contributed by atoms with Gasteiger partial charge in [0.25, 0.3) is 5.56 Å². The predicted molar refractivity (Wildman–Crippen MR) is 79.5 cm³/mol. The third kappa shape index (κ3) is 1.79. The lowest BCUT2D eigenvalue weighted by Crippen LogP contribution is -2.15. The minimum atomic E-state index is -0.251. The Labute approximate surface area is 123 Å². The van der Waals surface area contributed by atoms with Gasteiger partial charge in [-0.2, -0.15) is 10.1 Å². The molecule has 110 valence electrons. The molecule has 0 radical (unpaired) electrons. The standard InChI is InChI=1S/C13H11N7O2/c1-22-8-4-2-7(3-5-8)15-12-18-19-13-16-10-9(6-14-17-10)11(21)20(12)13/h2-6H,1H3,(H,15,18)(H2,14,16,17,19). The van der Waals surface area contributed by atoms with E-state index in [1.807, 2.05) is 24.3 Å². The number of aromatic nitrogens is 6. The first-order valence-corrected chi connectivity index (χ1v) is 6.47. The molecule has 0 aliphatic heterocycles. The van der Waals surface area contributed by atoms with E-state index >= 15 is 0 Å². The Morgan fingerprint density at radius 2 is 2.05 bits per heavy atom. The van der Waals surface area contributed by atoms with Crippen molar-refractivity contribution >= 4 is 28.4 Å². The number of hydrogen-bond acceptors (Lipinski definition) is 6. The summed E-state index contributed by atoms with van der Waals surface area (Å²) in [6.07, 6.45) is 1.45. The van der Waals surface area contributed by atoms with Gasteiger partial charge in [0.2, 0.25) is 11.7 Å². The Morgan fingerprint density at radius 1 is 1.23 bits per heavy atom. The second kappa shape index (κ2) is 4.58. The molecule has 9 heteroatoms. The van der Waals surface area contributed by atoms with Crippen molar-refractivity contribution in [3.63, 3.8) is 0 Å². The van der Waals surface area contributed by atoms with Gasteiger partial charge in [-0.25, -0.2) is 9.50 Å². The van der Waals surface area contributed by atoms with Crippen LogP contribution in [-0.4, -0.2) is 36.9 Å². The first-order valence-electron chi connectivity index (χ1n) is 6.47. The molecule has 0 bridgehead atoms. The van der Waals surface area contributed by atoms with Gasteiger partial charge in [0.1, 0.15) is 11.1 Å². The molecule has 3 N–H and O–H groups in total. The zero-order chi connectivity index (χ0) is 15.1. The number of benzene rings is 1. The number of anilines is 2. The van der Waals surface area contributed by atoms with Crippen molar-refractivity contribution in [2.45, 2.75) is 0 Å². The van der Waals surface area contributed by atoms with Gasteiger partial charge >= 0.3 is 0 Å². The smallest absolute Gasteiger partial charge is 0.273 e. The van der Waals surface area contributed by atoms with Gasteiger partial charge in [-0.05, 0) is 24.3 Å². The summed E-state index contributed by atoms with van der Waals surface area (Å²) in [5.41, 5.74) is 0.941. The number of hydrogen-bond donors (Lipinski definition) is 3. The van der Waals surface area contributed by atoms with Crippen LogP contribution in [0.15, 0.2) is 35.3 Å². The molecule has 3 heterocycles. The Hall–Kier alpha value is -3.36. The van der Waals surface area contributed by atoms with Crippen LogP contribution in [0, 0.1) is 0 Å². The van der Waals surface area contributed by atoms with Crippen molar-refractivity contribution in [3.05, 3.63) is 40.8 Å². The summed E-state index contributed by atoms with van der Waals surface area (Å²) in [4.78, 5) is 16.7. The number of aromatic amines is 2. The monoisotopic (exact) mass is 297 g/mol. The molecule has 4 rings (SSSR count). The minimum absolute atomic E-state index is 0.251. The maximum absolute atomic E-state index is 12.5. The summed E-state index contributed by atoms with van der Waals surface area (Å²) >= 11 is 0. The van der Waals surface area contributed by atoms with Crippen molar-refractivity contribution < 1.29 is 4.74 Å². The van der Waals surface area contributed by atoms with Crippen LogP contribution in [0.4, 0.5) is 11.6 Å². The van der Waals surface area contributed by atoms with E-state index in [1.54, 1.807) is 7.11 Å². The number of methoxy groups -OCH3 is 1. The largest absolute Gasteiger partial charge is 0.497 e. The van der Waals surface area contributed by atoms with Gasteiger partial charge in [-0.1, -0.05) is 0 Å². The molecule has 4 aromatic rings. The van der Waals surface area contributed by atoms with Crippen LogP contribution < -0.4 is 15.6 Å². The van der Waals surface area contributed by atoms with E-state index in [9.17, 15) is 4.79 Å². The normalized spacial score (nSPS) is 11.1. The van der Waals surface area contributed by atoms with Crippen LogP contribution in [-0.2, 0) is 0 Å². The van der Waals surface area contributed by atoms with Crippen LogP contribution in [0.1, 0.15) is 0 Å². The van der Waals surface area contributed by atoms with E-state index in [0.29, 0.717) is 22.8 Å². The summed E-state index contributed by atoms with van der Waals surface area (Å²) in [5, 5.41) is 16.8. The highest BCUT2D eigenvalue weighted by Crippen LogP contribution is 2.18. The average molecular weight is 297 g/mol. The summed E-state index contributed by atoms with van der Waals surface area (Å²) in [6, 6.07) is 7.28. The number of rotatable bonds is 3. The average Bonchev–Trinajstić information content (AvgIpc) is 3.16. The quantitative estimate of drug-likeness (QED) is 0.521. The summed E-state index contributed by atoms with van der Waals surface area (Å²) in [7, 11) is 1.60. The molecule has 0 fully saturated rings.